The lowest BCUT2D eigenvalue weighted by atomic mass is 10.0. The first-order chi connectivity index (χ1) is 6.74. The van der Waals surface area contributed by atoms with E-state index in [-0.39, 0.29) is 0 Å². The van der Waals surface area contributed by atoms with Crippen molar-refractivity contribution in [3.8, 4) is 0 Å². The molecular weight excluding hydrogens is 194 g/mol. The highest BCUT2D eigenvalue weighted by Crippen LogP contribution is 2.22. The van der Waals surface area contributed by atoms with Crippen molar-refractivity contribution in [2.24, 2.45) is 5.92 Å². The molecule has 1 rings (SSSR count). The zero-order valence-corrected chi connectivity index (χ0v) is 10.4. The van der Waals surface area contributed by atoms with Gasteiger partial charge in [0.05, 0.1) is 6.10 Å². The highest BCUT2D eigenvalue weighted by molar-refractivity contribution is 7.99. The number of nitrogens with one attached hydrogen (secondary N) is 1. The van der Waals surface area contributed by atoms with E-state index in [0.29, 0.717) is 12.1 Å². The maximum absolute atomic E-state index is 5.29. The van der Waals surface area contributed by atoms with E-state index in [2.05, 4.69) is 30.9 Å². The average molecular weight is 217 g/mol. The minimum atomic E-state index is 0.313. The lowest BCUT2D eigenvalue weighted by Crippen LogP contribution is -2.39. The molecule has 2 atom stereocenters. The Morgan fingerprint density at radius 3 is 2.57 bits per heavy atom. The van der Waals surface area contributed by atoms with Crippen molar-refractivity contribution >= 4 is 11.8 Å². The fraction of sp³-hybridized carbons (Fsp3) is 1.00. The molecule has 1 aliphatic heterocycles. The molecule has 0 aromatic rings. The van der Waals surface area contributed by atoms with E-state index in [1.807, 2.05) is 0 Å². The second kappa shape index (κ2) is 6.70. The standard InChI is InChI=1S/C11H23NOS/c1-9(10(2)13-3)12-8-11-4-6-14-7-5-11/h9-12H,4-8H2,1-3H3. The summed E-state index contributed by atoms with van der Waals surface area (Å²) >= 11 is 2.09. The van der Waals surface area contributed by atoms with Crippen LogP contribution in [-0.4, -0.2) is 37.3 Å². The van der Waals surface area contributed by atoms with Gasteiger partial charge in [0, 0.05) is 13.2 Å². The van der Waals surface area contributed by atoms with Crippen LogP contribution in [0.5, 0.6) is 0 Å². The number of hydrogen-bond donors (Lipinski definition) is 1. The Hall–Kier alpha value is 0.270. The van der Waals surface area contributed by atoms with Crippen molar-refractivity contribution in [3.05, 3.63) is 0 Å². The molecule has 0 bridgehead atoms. The van der Waals surface area contributed by atoms with Crippen LogP contribution in [-0.2, 0) is 4.74 Å². The molecule has 84 valence electrons. The van der Waals surface area contributed by atoms with Gasteiger partial charge >= 0.3 is 0 Å². The van der Waals surface area contributed by atoms with Crippen molar-refractivity contribution < 1.29 is 4.74 Å². The molecule has 3 heteroatoms. The van der Waals surface area contributed by atoms with Crippen molar-refractivity contribution in [1.29, 1.82) is 0 Å². The number of rotatable bonds is 5. The topological polar surface area (TPSA) is 21.3 Å². The summed E-state index contributed by atoms with van der Waals surface area (Å²) in [6.07, 6.45) is 3.07. The van der Waals surface area contributed by atoms with Crippen molar-refractivity contribution in [1.82, 2.24) is 5.32 Å². The van der Waals surface area contributed by atoms with Gasteiger partial charge in [-0.05, 0) is 50.7 Å². The van der Waals surface area contributed by atoms with Crippen LogP contribution in [0.15, 0.2) is 0 Å². The van der Waals surface area contributed by atoms with Gasteiger partial charge in [-0.25, -0.2) is 0 Å². The summed E-state index contributed by atoms with van der Waals surface area (Å²) in [6.45, 7) is 5.48. The molecule has 1 aliphatic rings. The van der Waals surface area contributed by atoms with Gasteiger partial charge in [-0.15, -0.1) is 0 Å². The second-order valence-electron chi connectivity index (χ2n) is 4.19. The summed E-state index contributed by atoms with van der Waals surface area (Å²) < 4.78 is 5.29. The average Bonchev–Trinajstić information content (AvgIpc) is 2.26. The van der Waals surface area contributed by atoms with Gasteiger partial charge in [0.25, 0.3) is 0 Å². The largest absolute Gasteiger partial charge is 0.380 e. The number of thioether (sulfide) groups is 1. The molecular formula is C11H23NOS. The molecule has 14 heavy (non-hydrogen) atoms. The Kier molecular flexibility index (Phi) is 5.90. The smallest absolute Gasteiger partial charge is 0.0693 e. The lowest BCUT2D eigenvalue weighted by Gasteiger charge is -2.26. The van der Waals surface area contributed by atoms with Crippen LogP contribution in [0.25, 0.3) is 0 Å². The Labute approximate surface area is 92.2 Å². The molecule has 2 nitrogen and oxygen atoms in total. The normalized spacial score (nSPS) is 23.4. The van der Waals surface area contributed by atoms with Gasteiger partial charge in [-0.1, -0.05) is 0 Å². The number of methoxy groups -OCH3 is 1. The van der Waals surface area contributed by atoms with E-state index < -0.39 is 0 Å². The summed E-state index contributed by atoms with van der Waals surface area (Å²) in [5, 5.41) is 3.57. The minimum absolute atomic E-state index is 0.313. The highest BCUT2D eigenvalue weighted by atomic mass is 32.2. The quantitative estimate of drug-likeness (QED) is 0.762. The van der Waals surface area contributed by atoms with Crippen LogP contribution < -0.4 is 5.32 Å². The van der Waals surface area contributed by atoms with Gasteiger partial charge in [-0.2, -0.15) is 11.8 Å². The Bertz CT molecular complexity index is 146. The minimum Gasteiger partial charge on any atom is -0.380 e. The number of hydrogen-bond acceptors (Lipinski definition) is 3. The monoisotopic (exact) mass is 217 g/mol. The van der Waals surface area contributed by atoms with Crippen LogP contribution >= 0.6 is 11.8 Å². The fourth-order valence-electron chi connectivity index (χ4n) is 1.67. The summed E-state index contributed by atoms with van der Waals surface area (Å²) in [7, 11) is 1.78. The SMILES string of the molecule is COC(C)C(C)NCC1CCSCC1. The maximum atomic E-state index is 5.29. The van der Waals surface area contributed by atoms with E-state index in [0.717, 1.165) is 12.5 Å². The van der Waals surface area contributed by atoms with Crippen molar-refractivity contribution in [3.63, 3.8) is 0 Å². The van der Waals surface area contributed by atoms with Crippen molar-refractivity contribution in [2.45, 2.75) is 38.8 Å². The summed E-state index contributed by atoms with van der Waals surface area (Å²) in [5.41, 5.74) is 0. The van der Waals surface area contributed by atoms with Crippen LogP contribution in [0.1, 0.15) is 26.7 Å². The molecule has 0 amide bonds. The van der Waals surface area contributed by atoms with E-state index in [4.69, 9.17) is 4.74 Å². The molecule has 1 N–H and O–H groups in total. The van der Waals surface area contributed by atoms with Gasteiger partial charge in [0.2, 0.25) is 0 Å². The molecule has 0 aliphatic carbocycles. The van der Waals surface area contributed by atoms with Crippen molar-refractivity contribution in [2.75, 3.05) is 25.2 Å². The zero-order chi connectivity index (χ0) is 10.4. The first-order valence-electron chi connectivity index (χ1n) is 5.58. The molecule has 0 saturated carbocycles. The Balaban J connectivity index is 2.12. The third-order valence-corrected chi connectivity index (χ3v) is 4.19. The van der Waals surface area contributed by atoms with Gasteiger partial charge < -0.3 is 10.1 Å². The molecule has 2 unspecified atom stereocenters. The van der Waals surface area contributed by atoms with Crippen LogP contribution in [0, 0.1) is 5.92 Å². The molecule has 0 aromatic heterocycles. The van der Waals surface area contributed by atoms with Gasteiger partial charge in [-0.3, -0.25) is 0 Å². The summed E-state index contributed by atoms with van der Waals surface area (Å²) in [5.74, 6) is 3.59. The van der Waals surface area contributed by atoms with E-state index in [1.54, 1.807) is 7.11 Å². The third-order valence-electron chi connectivity index (χ3n) is 3.15. The molecule has 0 spiro atoms. The van der Waals surface area contributed by atoms with E-state index in [1.165, 1.54) is 24.3 Å². The van der Waals surface area contributed by atoms with Gasteiger partial charge in [0.1, 0.15) is 0 Å². The Morgan fingerprint density at radius 1 is 1.36 bits per heavy atom. The summed E-state index contributed by atoms with van der Waals surface area (Å²) in [6, 6.07) is 0.467. The maximum Gasteiger partial charge on any atom is 0.0693 e. The molecule has 1 heterocycles. The van der Waals surface area contributed by atoms with Crippen LogP contribution in [0.2, 0.25) is 0 Å². The van der Waals surface area contributed by atoms with Crippen LogP contribution in [0.4, 0.5) is 0 Å². The predicted molar refractivity (Wildman–Crippen MR) is 64.0 cm³/mol. The molecule has 1 fully saturated rings. The molecule has 0 radical (unpaired) electrons. The predicted octanol–water partition coefficient (Wildman–Crippen LogP) is 2.14. The zero-order valence-electron chi connectivity index (χ0n) is 9.58. The van der Waals surface area contributed by atoms with Gasteiger partial charge in [0.15, 0.2) is 0 Å². The van der Waals surface area contributed by atoms with Crippen LogP contribution in [0.3, 0.4) is 0 Å². The summed E-state index contributed by atoms with van der Waals surface area (Å²) in [4.78, 5) is 0. The lowest BCUT2D eigenvalue weighted by molar-refractivity contribution is 0.0870. The van der Waals surface area contributed by atoms with E-state index in [9.17, 15) is 0 Å². The molecule has 0 aromatic carbocycles. The third kappa shape index (κ3) is 4.20. The number of ether oxygens (including phenoxy) is 1. The first-order valence-corrected chi connectivity index (χ1v) is 6.73. The molecule has 1 saturated heterocycles. The second-order valence-corrected chi connectivity index (χ2v) is 5.42. The highest BCUT2D eigenvalue weighted by Gasteiger charge is 2.16. The van der Waals surface area contributed by atoms with E-state index >= 15 is 0 Å². The fourth-order valence-corrected chi connectivity index (χ4v) is 2.88. The first kappa shape index (κ1) is 12.3. The Morgan fingerprint density at radius 2 is 2.00 bits per heavy atom.